The fourth-order valence-corrected chi connectivity index (χ4v) is 1.41. The van der Waals surface area contributed by atoms with E-state index in [-0.39, 0.29) is 18.0 Å². The summed E-state index contributed by atoms with van der Waals surface area (Å²) in [5.74, 6) is 2.35. The summed E-state index contributed by atoms with van der Waals surface area (Å²) in [7, 11) is 0. The molecule has 1 rings (SSSR count). The van der Waals surface area contributed by atoms with Crippen molar-refractivity contribution in [2.75, 3.05) is 0 Å². The van der Waals surface area contributed by atoms with Crippen LogP contribution in [0.4, 0.5) is 0 Å². The third kappa shape index (κ3) is 1.70. The van der Waals surface area contributed by atoms with Gasteiger partial charge >= 0.3 is 4.87 Å². The second-order valence-corrected chi connectivity index (χ2v) is 3.03. The van der Waals surface area contributed by atoms with Crippen LogP contribution in [0.3, 0.4) is 0 Å². The molecule has 0 unspecified atom stereocenters. The minimum Gasteiger partial charge on any atom is -0.391 e. The molecule has 0 aliphatic rings. The smallest absolute Gasteiger partial charge is 0.308 e. The number of aliphatic hydroxyl groups excluding tert-OH is 1. The molecule has 0 atom stereocenters. The first-order chi connectivity index (χ1) is 5.27. The molecule has 0 aliphatic heterocycles. The van der Waals surface area contributed by atoms with E-state index in [4.69, 9.17) is 11.5 Å². The van der Waals surface area contributed by atoms with Crippen LogP contribution < -0.4 is 4.87 Å². The minimum absolute atomic E-state index is 0.0997. The largest absolute Gasteiger partial charge is 0.391 e. The molecule has 0 aromatic carbocycles. The van der Waals surface area contributed by atoms with Gasteiger partial charge in [0, 0.05) is 6.20 Å². The van der Waals surface area contributed by atoms with E-state index in [2.05, 4.69) is 5.92 Å². The van der Waals surface area contributed by atoms with Gasteiger partial charge in [0.15, 0.2) is 0 Å². The maximum atomic E-state index is 11.0. The summed E-state index contributed by atoms with van der Waals surface area (Å²) in [4.78, 5) is 11.5. The molecule has 1 N–H and O–H groups in total. The van der Waals surface area contributed by atoms with Crippen molar-refractivity contribution in [3.8, 4) is 12.3 Å². The Morgan fingerprint density at radius 1 is 1.82 bits per heavy atom. The van der Waals surface area contributed by atoms with Crippen LogP contribution in [0.2, 0.25) is 0 Å². The number of terminal acetylenes is 1. The number of aromatic nitrogens is 1. The van der Waals surface area contributed by atoms with Crippen LogP contribution in [0.25, 0.3) is 0 Å². The molecule has 0 amide bonds. The summed E-state index contributed by atoms with van der Waals surface area (Å²) in [6, 6.07) is 0. The molecule has 0 aliphatic carbocycles. The molecule has 1 aromatic rings. The van der Waals surface area contributed by atoms with E-state index in [1.165, 1.54) is 4.57 Å². The van der Waals surface area contributed by atoms with Crippen molar-refractivity contribution in [3.05, 3.63) is 20.7 Å². The molecule has 0 saturated heterocycles. The average molecular weight is 169 g/mol. The van der Waals surface area contributed by atoms with Gasteiger partial charge in [0.05, 0.1) is 18.0 Å². The Bertz CT molecular complexity index is 331. The van der Waals surface area contributed by atoms with Crippen molar-refractivity contribution >= 4 is 11.3 Å². The second kappa shape index (κ2) is 3.37. The Labute approximate surface area is 67.9 Å². The van der Waals surface area contributed by atoms with Gasteiger partial charge < -0.3 is 5.11 Å². The fourth-order valence-electron chi connectivity index (χ4n) is 0.705. The molecular formula is C7H7NO2S. The first-order valence-electron chi connectivity index (χ1n) is 3.01. The number of thiazole rings is 1. The highest BCUT2D eigenvalue weighted by Gasteiger charge is 2.00. The zero-order valence-corrected chi connectivity index (χ0v) is 6.60. The second-order valence-electron chi connectivity index (χ2n) is 1.95. The van der Waals surface area contributed by atoms with Gasteiger partial charge in [-0.05, 0) is 0 Å². The highest BCUT2D eigenvalue weighted by Crippen LogP contribution is 2.01. The maximum Gasteiger partial charge on any atom is 0.308 e. The number of hydrogen-bond donors (Lipinski definition) is 1. The lowest BCUT2D eigenvalue weighted by Crippen LogP contribution is -2.10. The van der Waals surface area contributed by atoms with Crippen LogP contribution in [0.15, 0.2) is 11.0 Å². The van der Waals surface area contributed by atoms with E-state index in [1.54, 1.807) is 6.20 Å². The van der Waals surface area contributed by atoms with E-state index >= 15 is 0 Å². The van der Waals surface area contributed by atoms with Crippen molar-refractivity contribution in [3.63, 3.8) is 0 Å². The van der Waals surface area contributed by atoms with E-state index < -0.39 is 0 Å². The number of hydrogen-bond acceptors (Lipinski definition) is 3. The highest BCUT2D eigenvalue weighted by atomic mass is 32.1. The molecule has 0 spiro atoms. The fraction of sp³-hybridized carbons (Fsp3) is 0.286. The Hall–Kier alpha value is -1.05. The number of rotatable bonds is 2. The summed E-state index contributed by atoms with van der Waals surface area (Å²) in [5, 5.41) is 8.65. The van der Waals surface area contributed by atoms with Gasteiger partial charge in [-0.25, -0.2) is 0 Å². The Morgan fingerprint density at radius 3 is 3.00 bits per heavy atom. The van der Waals surface area contributed by atoms with Crippen molar-refractivity contribution in [1.29, 1.82) is 0 Å². The summed E-state index contributed by atoms with van der Waals surface area (Å²) in [6.45, 7) is 0.173. The van der Waals surface area contributed by atoms with Gasteiger partial charge in [0.25, 0.3) is 0 Å². The minimum atomic E-state index is -0.119. The quantitative estimate of drug-likeness (QED) is 0.635. The molecule has 1 aromatic heterocycles. The molecule has 58 valence electrons. The molecule has 11 heavy (non-hydrogen) atoms. The monoisotopic (exact) mass is 169 g/mol. The first kappa shape index (κ1) is 8.05. The maximum absolute atomic E-state index is 11.0. The Kier molecular flexibility index (Phi) is 2.47. The van der Waals surface area contributed by atoms with Gasteiger partial charge in [-0.1, -0.05) is 17.3 Å². The molecule has 0 saturated carbocycles. The summed E-state index contributed by atoms with van der Waals surface area (Å²) < 4.78 is 1.40. The number of aliphatic hydroxyl groups is 1. The molecule has 0 fully saturated rings. The third-order valence-corrected chi connectivity index (χ3v) is 2.08. The lowest BCUT2D eigenvalue weighted by Gasteiger charge is -1.88. The van der Waals surface area contributed by atoms with Gasteiger partial charge in [0.2, 0.25) is 0 Å². The van der Waals surface area contributed by atoms with E-state index in [0.717, 1.165) is 11.3 Å². The zero-order valence-electron chi connectivity index (χ0n) is 5.78. The van der Waals surface area contributed by atoms with Crippen LogP contribution in [0.1, 0.15) is 4.88 Å². The van der Waals surface area contributed by atoms with Crippen molar-refractivity contribution < 1.29 is 5.11 Å². The average Bonchev–Trinajstić information content (AvgIpc) is 2.33. The molecule has 1 heterocycles. The van der Waals surface area contributed by atoms with Gasteiger partial charge in [0.1, 0.15) is 0 Å². The predicted octanol–water partition coefficient (Wildman–Crippen LogP) is 0.0353. The predicted molar refractivity (Wildman–Crippen MR) is 43.3 cm³/mol. The van der Waals surface area contributed by atoms with Gasteiger partial charge in [-0.3, -0.25) is 9.36 Å². The van der Waals surface area contributed by atoms with Crippen molar-refractivity contribution in [1.82, 2.24) is 4.57 Å². The first-order valence-corrected chi connectivity index (χ1v) is 3.83. The van der Waals surface area contributed by atoms with Crippen LogP contribution >= 0.6 is 11.3 Å². The summed E-state index contributed by atoms with van der Waals surface area (Å²) in [6.07, 6.45) is 6.59. The van der Waals surface area contributed by atoms with Gasteiger partial charge in [-0.2, -0.15) is 0 Å². The van der Waals surface area contributed by atoms with Crippen molar-refractivity contribution in [2.45, 2.75) is 13.2 Å². The van der Waals surface area contributed by atoms with Crippen molar-refractivity contribution in [2.24, 2.45) is 0 Å². The summed E-state index contributed by atoms with van der Waals surface area (Å²) >= 11 is 1.02. The molecular weight excluding hydrogens is 162 g/mol. The third-order valence-electron chi connectivity index (χ3n) is 1.17. The normalized spacial score (nSPS) is 9.45. The molecule has 0 radical (unpaired) electrons. The van der Waals surface area contributed by atoms with Crippen LogP contribution in [-0.4, -0.2) is 9.67 Å². The van der Waals surface area contributed by atoms with E-state index in [0.29, 0.717) is 4.88 Å². The van der Waals surface area contributed by atoms with Crippen LogP contribution in [0.5, 0.6) is 0 Å². The number of nitrogens with zero attached hydrogens (tertiary/aromatic N) is 1. The zero-order chi connectivity index (χ0) is 8.27. The SMILES string of the molecule is C#CCn1cc(CO)sc1=O. The lowest BCUT2D eigenvalue weighted by molar-refractivity contribution is 0.285. The lowest BCUT2D eigenvalue weighted by atomic mass is 10.5. The van der Waals surface area contributed by atoms with Gasteiger partial charge in [-0.15, -0.1) is 6.42 Å². The molecule has 4 heteroatoms. The topological polar surface area (TPSA) is 42.2 Å². The Balaban J connectivity index is 3.00. The summed E-state index contributed by atoms with van der Waals surface area (Å²) in [5.41, 5.74) is 0. The molecule has 0 bridgehead atoms. The Morgan fingerprint density at radius 2 is 2.55 bits per heavy atom. The van der Waals surface area contributed by atoms with Crippen LogP contribution in [0, 0.1) is 12.3 Å². The van der Waals surface area contributed by atoms with E-state index in [9.17, 15) is 4.79 Å². The highest BCUT2D eigenvalue weighted by molar-refractivity contribution is 7.09. The molecule has 3 nitrogen and oxygen atoms in total. The van der Waals surface area contributed by atoms with E-state index in [1.807, 2.05) is 0 Å². The van der Waals surface area contributed by atoms with Crippen LogP contribution in [-0.2, 0) is 13.2 Å². The standard InChI is InChI=1S/C7H7NO2S/c1-2-3-8-4-6(5-9)11-7(8)10/h1,4,9H,3,5H2.